The van der Waals surface area contributed by atoms with Crippen molar-refractivity contribution in [3.63, 3.8) is 0 Å². The summed E-state index contributed by atoms with van der Waals surface area (Å²) >= 11 is 1.44. The number of hydrogen-bond acceptors (Lipinski definition) is 2. The summed E-state index contributed by atoms with van der Waals surface area (Å²) in [5.41, 5.74) is -1.35. The third kappa shape index (κ3) is 2.17. The molecular weight excluding hydrogens is 298 g/mol. The Hall–Kier alpha value is -0.660. The number of alkyl halides is 3. The Labute approximate surface area is 85.3 Å². The highest BCUT2D eigenvalue weighted by Gasteiger charge is 2.36. The molecule has 0 fully saturated rings. The molecule has 1 aromatic heterocycles. The molecule has 0 amide bonds. The van der Waals surface area contributed by atoms with Gasteiger partial charge in [0.2, 0.25) is 0 Å². The summed E-state index contributed by atoms with van der Waals surface area (Å²) in [7, 11) is 0. The van der Waals surface area contributed by atoms with Crippen molar-refractivity contribution < 1.29 is 18.0 Å². The summed E-state index contributed by atoms with van der Waals surface area (Å²) in [4.78, 5) is 13.8. The van der Waals surface area contributed by atoms with Crippen molar-refractivity contribution in [2.24, 2.45) is 0 Å². The van der Waals surface area contributed by atoms with E-state index >= 15 is 0 Å². The number of pyridine rings is 1. The molecule has 1 heterocycles. The molecule has 0 unspecified atom stereocenters. The van der Waals surface area contributed by atoms with Crippen LogP contribution >= 0.6 is 22.6 Å². The van der Waals surface area contributed by atoms with Crippen LogP contribution in [0, 0.1) is 3.70 Å². The van der Waals surface area contributed by atoms with Crippen molar-refractivity contribution in [1.29, 1.82) is 0 Å². The number of hydrogen-bond donors (Lipinski definition) is 0. The number of nitrogens with zero attached hydrogens (tertiary/aromatic N) is 1. The van der Waals surface area contributed by atoms with Crippen LogP contribution in [0.4, 0.5) is 13.2 Å². The van der Waals surface area contributed by atoms with E-state index in [9.17, 15) is 18.0 Å². The molecule has 2 nitrogen and oxygen atoms in total. The lowest BCUT2D eigenvalue weighted by Crippen LogP contribution is -2.12. The third-order valence-corrected chi connectivity index (χ3v) is 2.17. The first-order valence-corrected chi connectivity index (χ1v) is 4.21. The fraction of sp³-hybridized carbons (Fsp3) is 0.143. The fourth-order valence-corrected chi connectivity index (χ4v) is 1.61. The molecule has 1 aromatic rings. The number of aromatic nitrogens is 1. The van der Waals surface area contributed by atoms with E-state index in [1.54, 1.807) is 0 Å². The van der Waals surface area contributed by atoms with Gasteiger partial charge in [-0.3, -0.25) is 4.79 Å². The Morgan fingerprint density at radius 3 is 2.46 bits per heavy atom. The van der Waals surface area contributed by atoms with Crippen molar-refractivity contribution in [2.45, 2.75) is 6.18 Å². The molecule has 0 spiro atoms. The topological polar surface area (TPSA) is 30.0 Å². The summed E-state index contributed by atoms with van der Waals surface area (Å²) in [6.07, 6.45) is -3.19. The summed E-state index contributed by atoms with van der Waals surface area (Å²) in [6.45, 7) is 0. The third-order valence-electron chi connectivity index (χ3n) is 1.35. The maximum absolute atomic E-state index is 12.3. The van der Waals surface area contributed by atoms with Gasteiger partial charge in [0.05, 0.1) is 5.56 Å². The molecule has 0 radical (unpaired) electrons. The zero-order valence-electron chi connectivity index (χ0n) is 6.10. The van der Waals surface area contributed by atoms with Gasteiger partial charge in [-0.2, -0.15) is 13.2 Å². The SMILES string of the molecule is O=Cc1ccnc(I)c1C(F)(F)F. The Bertz CT molecular complexity index is 337. The second-order valence-corrected chi connectivity index (χ2v) is 3.20. The summed E-state index contributed by atoms with van der Waals surface area (Å²) < 4.78 is 36.7. The molecule has 0 aliphatic rings. The molecule has 0 saturated heterocycles. The van der Waals surface area contributed by atoms with Crippen molar-refractivity contribution in [2.75, 3.05) is 0 Å². The van der Waals surface area contributed by atoms with E-state index in [2.05, 4.69) is 4.98 Å². The van der Waals surface area contributed by atoms with E-state index in [0.29, 0.717) is 0 Å². The van der Waals surface area contributed by atoms with Gasteiger partial charge >= 0.3 is 6.18 Å². The first kappa shape index (κ1) is 10.4. The van der Waals surface area contributed by atoms with Gasteiger partial charge in [0.1, 0.15) is 3.70 Å². The van der Waals surface area contributed by atoms with Crippen LogP contribution in [0.15, 0.2) is 12.3 Å². The highest BCUT2D eigenvalue weighted by Crippen LogP contribution is 2.33. The number of carbonyl (C=O) groups excluding carboxylic acids is 1. The van der Waals surface area contributed by atoms with Crippen LogP contribution in [0.1, 0.15) is 15.9 Å². The largest absolute Gasteiger partial charge is 0.419 e. The number of carbonyl (C=O) groups is 1. The molecule has 0 N–H and O–H groups in total. The number of halogens is 4. The van der Waals surface area contributed by atoms with E-state index in [-0.39, 0.29) is 15.6 Å². The van der Waals surface area contributed by atoms with Crippen molar-refractivity contribution in [1.82, 2.24) is 4.98 Å². The standard InChI is InChI=1S/C7H3F3INO/c8-7(9,10)5-4(3-13)1-2-12-6(5)11/h1-3H. The first-order valence-electron chi connectivity index (χ1n) is 3.13. The fourth-order valence-electron chi connectivity index (χ4n) is 0.829. The Kier molecular flexibility index (Phi) is 2.89. The van der Waals surface area contributed by atoms with Crippen LogP contribution in [-0.4, -0.2) is 11.3 Å². The second kappa shape index (κ2) is 3.60. The van der Waals surface area contributed by atoms with E-state index in [4.69, 9.17) is 0 Å². The summed E-state index contributed by atoms with van der Waals surface area (Å²) in [5.74, 6) is 0. The minimum Gasteiger partial charge on any atom is -0.298 e. The summed E-state index contributed by atoms with van der Waals surface area (Å²) in [5, 5.41) is 0. The zero-order valence-corrected chi connectivity index (χ0v) is 8.26. The Balaban J connectivity index is 3.40. The first-order chi connectivity index (χ1) is 5.96. The predicted octanol–water partition coefficient (Wildman–Crippen LogP) is 2.52. The van der Waals surface area contributed by atoms with Gasteiger partial charge in [0.25, 0.3) is 0 Å². The molecule has 0 aliphatic carbocycles. The van der Waals surface area contributed by atoms with Crippen LogP contribution in [0.5, 0.6) is 0 Å². The van der Waals surface area contributed by atoms with Crippen LogP contribution in [0.3, 0.4) is 0 Å². The van der Waals surface area contributed by atoms with Gasteiger partial charge in [0.15, 0.2) is 6.29 Å². The van der Waals surface area contributed by atoms with Crippen molar-refractivity contribution in [3.05, 3.63) is 27.1 Å². The maximum atomic E-state index is 12.3. The monoisotopic (exact) mass is 301 g/mol. The van der Waals surface area contributed by atoms with E-state index in [1.165, 1.54) is 28.8 Å². The minimum absolute atomic E-state index is 0.173. The van der Waals surface area contributed by atoms with E-state index < -0.39 is 11.7 Å². The Morgan fingerprint density at radius 2 is 2.08 bits per heavy atom. The van der Waals surface area contributed by atoms with Gasteiger partial charge in [-0.1, -0.05) is 0 Å². The lowest BCUT2D eigenvalue weighted by atomic mass is 10.1. The smallest absolute Gasteiger partial charge is 0.298 e. The Morgan fingerprint density at radius 1 is 1.46 bits per heavy atom. The van der Waals surface area contributed by atoms with Gasteiger partial charge in [-0.15, -0.1) is 0 Å². The number of aldehydes is 1. The summed E-state index contributed by atoms with van der Waals surface area (Å²) in [6, 6.07) is 1.04. The second-order valence-electron chi connectivity index (χ2n) is 2.18. The molecule has 0 bridgehead atoms. The molecular formula is C7H3F3INO. The maximum Gasteiger partial charge on any atom is 0.419 e. The highest BCUT2D eigenvalue weighted by atomic mass is 127. The van der Waals surface area contributed by atoms with Gasteiger partial charge in [-0.05, 0) is 28.7 Å². The zero-order chi connectivity index (χ0) is 10.1. The minimum atomic E-state index is -4.53. The van der Waals surface area contributed by atoms with Crippen LogP contribution in [-0.2, 0) is 6.18 Å². The van der Waals surface area contributed by atoms with Gasteiger partial charge in [0, 0.05) is 11.8 Å². The van der Waals surface area contributed by atoms with E-state index in [0.717, 1.165) is 6.07 Å². The molecule has 0 atom stereocenters. The normalized spacial score (nSPS) is 11.4. The van der Waals surface area contributed by atoms with Gasteiger partial charge < -0.3 is 0 Å². The molecule has 0 aromatic carbocycles. The van der Waals surface area contributed by atoms with Crippen molar-refractivity contribution >= 4 is 28.9 Å². The quantitative estimate of drug-likeness (QED) is 0.453. The average Bonchev–Trinajstić information content (AvgIpc) is 2.01. The van der Waals surface area contributed by atoms with Crippen LogP contribution in [0.2, 0.25) is 0 Å². The molecule has 6 heteroatoms. The molecule has 13 heavy (non-hydrogen) atoms. The lowest BCUT2D eigenvalue weighted by molar-refractivity contribution is -0.138. The number of rotatable bonds is 1. The average molecular weight is 301 g/mol. The molecule has 70 valence electrons. The van der Waals surface area contributed by atoms with Crippen LogP contribution < -0.4 is 0 Å². The van der Waals surface area contributed by atoms with E-state index in [1.807, 2.05) is 0 Å². The molecule has 1 rings (SSSR count). The molecule has 0 aliphatic heterocycles. The lowest BCUT2D eigenvalue weighted by Gasteiger charge is -2.09. The van der Waals surface area contributed by atoms with Crippen LogP contribution in [0.25, 0.3) is 0 Å². The molecule has 0 saturated carbocycles. The highest BCUT2D eigenvalue weighted by molar-refractivity contribution is 14.1. The van der Waals surface area contributed by atoms with Gasteiger partial charge in [-0.25, -0.2) is 4.98 Å². The van der Waals surface area contributed by atoms with Crippen molar-refractivity contribution in [3.8, 4) is 0 Å². The predicted molar refractivity (Wildman–Crippen MR) is 47.3 cm³/mol.